The molecule has 2 aliphatic rings. The zero-order valence-electron chi connectivity index (χ0n) is 13.4. The predicted molar refractivity (Wildman–Crippen MR) is 77.3 cm³/mol. The topological polar surface area (TPSA) is 64.8 Å². The van der Waals surface area contributed by atoms with E-state index in [1.807, 2.05) is 39.5 Å². The molecule has 1 aliphatic heterocycles. The molecule has 0 aromatic carbocycles. The molecular weight excluding hydrogens is 256 g/mol. The minimum absolute atomic E-state index is 0.0340. The number of hydrogen-bond donors (Lipinski definition) is 1. The summed E-state index contributed by atoms with van der Waals surface area (Å²) in [5.41, 5.74) is 5.02. The number of nitrogens with two attached hydrogens (primary N) is 1. The van der Waals surface area contributed by atoms with Crippen LogP contribution in [-0.4, -0.2) is 54.4 Å². The molecule has 1 heterocycles. The van der Waals surface area contributed by atoms with Crippen LogP contribution in [-0.2, 0) is 14.3 Å². The fourth-order valence-corrected chi connectivity index (χ4v) is 3.27. The molecule has 5 heteroatoms. The first-order valence-electron chi connectivity index (χ1n) is 7.47. The van der Waals surface area contributed by atoms with E-state index in [1.165, 1.54) is 0 Å². The van der Waals surface area contributed by atoms with Crippen LogP contribution in [0.25, 0.3) is 0 Å². The van der Waals surface area contributed by atoms with E-state index in [-0.39, 0.29) is 23.0 Å². The third kappa shape index (κ3) is 2.16. The van der Waals surface area contributed by atoms with Crippen molar-refractivity contribution in [2.24, 2.45) is 11.1 Å². The Balaban J connectivity index is 2.17. The second-order valence-corrected chi connectivity index (χ2v) is 7.16. The Labute approximate surface area is 121 Å². The molecule has 2 fully saturated rings. The molecule has 1 amide bonds. The highest BCUT2D eigenvalue weighted by Crippen LogP contribution is 2.51. The quantitative estimate of drug-likeness (QED) is 0.844. The van der Waals surface area contributed by atoms with Crippen molar-refractivity contribution in [2.45, 2.75) is 58.2 Å². The van der Waals surface area contributed by atoms with E-state index >= 15 is 0 Å². The van der Waals surface area contributed by atoms with Crippen molar-refractivity contribution in [3.05, 3.63) is 0 Å². The third-order valence-electron chi connectivity index (χ3n) is 5.10. The smallest absolute Gasteiger partial charge is 0.244 e. The Morgan fingerprint density at radius 1 is 1.40 bits per heavy atom. The number of ether oxygens (including phenoxy) is 2. The zero-order chi connectivity index (χ0) is 15.2. The van der Waals surface area contributed by atoms with Crippen molar-refractivity contribution in [1.82, 2.24) is 4.90 Å². The summed E-state index contributed by atoms with van der Waals surface area (Å²) in [5.74, 6) is 0.0340. The Kier molecular flexibility index (Phi) is 3.91. The maximum atomic E-state index is 13.0. The van der Waals surface area contributed by atoms with E-state index < -0.39 is 5.54 Å². The summed E-state index contributed by atoms with van der Waals surface area (Å²) in [6, 6.07) is 0. The van der Waals surface area contributed by atoms with Gasteiger partial charge in [0, 0.05) is 25.0 Å². The molecule has 2 N–H and O–H groups in total. The van der Waals surface area contributed by atoms with Crippen molar-refractivity contribution in [3.63, 3.8) is 0 Å². The number of nitrogens with zero attached hydrogens (tertiary/aromatic N) is 1. The van der Waals surface area contributed by atoms with Gasteiger partial charge in [-0.3, -0.25) is 4.79 Å². The zero-order valence-corrected chi connectivity index (χ0v) is 13.4. The monoisotopic (exact) mass is 284 g/mol. The SMILES string of the molecule is CCOC1CC(N)(C(=O)N2CCOCC2(C)C)C1(C)C. The van der Waals surface area contributed by atoms with Crippen LogP contribution < -0.4 is 5.73 Å². The second-order valence-electron chi connectivity index (χ2n) is 7.16. The molecule has 20 heavy (non-hydrogen) atoms. The summed E-state index contributed by atoms with van der Waals surface area (Å²) < 4.78 is 11.2. The molecule has 1 saturated carbocycles. The summed E-state index contributed by atoms with van der Waals surface area (Å²) in [4.78, 5) is 14.9. The number of carbonyl (C=O) groups excluding carboxylic acids is 1. The lowest BCUT2D eigenvalue weighted by Gasteiger charge is -2.60. The molecule has 1 aliphatic carbocycles. The Hall–Kier alpha value is -0.650. The molecular formula is C15H28N2O3. The van der Waals surface area contributed by atoms with Crippen LogP contribution in [0.1, 0.15) is 41.0 Å². The van der Waals surface area contributed by atoms with Gasteiger partial charge in [-0.05, 0) is 20.8 Å². The Morgan fingerprint density at radius 2 is 2.05 bits per heavy atom. The minimum atomic E-state index is -0.832. The molecule has 0 bridgehead atoms. The third-order valence-corrected chi connectivity index (χ3v) is 5.10. The molecule has 2 rings (SSSR count). The highest BCUT2D eigenvalue weighted by atomic mass is 16.5. The van der Waals surface area contributed by atoms with Gasteiger partial charge in [0.25, 0.3) is 0 Å². The normalized spacial score (nSPS) is 35.5. The van der Waals surface area contributed by atoms with E-state index in [2.05, 4.69) is 0 Å². The van der Waals surface area contributed by atoms with Crippen LogP contribution in [0.15, 0.2) is 0 Å². The summed E-state index contributed by atoms with van der Waals surface area (Å²) >= 11 is 0. The number of hydrogen-bond acceptors (Lipinski definition) is 4. The molecule has 2 atom stereocenters. The van der Waals surface area contributed by atoms with Crippen LogP contribution in [0.3, 0.4) is 0 Å². The Morgan fingerprint density at radius 3 is 2.55 bits per heavy atom. The van der Waals surface area contributed by atoms with Gasteiger partial charge in [0.1, 0.15) is 5.54 Å². The highest BCUT2D eigenvalue weighted by Gasteiger charge is 2.64. The van der Waals surface area contributed by atoms with Crippen LogP contribution in [0.2, 0.25) is 0 Å². The number of rotatable bonds is 3. The Bertz CT molecular complexity index is 395. The number of carbonyl (C=O) groups is 1. The predicted octanol–water partition coefficient (Wildman–Crippen LogP) is 1.16. The average molecular weight is 284 g/mol. The van der Waals surface area contributed by atoms with Gasteiger partial charge in [-0.25, -0.2) is 0 Å². The summed E-state index contributed by atoms with van der Waals surface area (Å²) in [6.07, 6.45) is 0.658. The summed E-state index contributed by atoms with van der Waals surface area (Å²) in [5, 5.41) is 0. The largest absolute Gasteiger partial charge is 0.378 e. The first-order valence-corrected chi connectivity index (χ1v) is 7.47. The van der Waals surface area contributed by atoms with Gasteiger partial charge in [-0.2, -0.15) is 0 Å². The molecule has 0 aromatic heterocycles. The fourth-order valence-electron chi connectivity index (χ4n) is 3.27. The lowest BCUT2D eigenvalue weighted by Crippen LogP contribution is -2.78. The highest BCUT2D eigenvalue weighted by molar-refractivity contribution is 5.89. The number of morpholine rings is 1. The molecule has 0 spiro atoms. The fraction of sp³-hybridized carbons (Fsp3) is 0.933. The summed E-state index contributed by atoms with van der Waals surface area (Å²) in [7, 11) is 0. The minimum Gasteiger partial charge on any atom is -0.378 e. The first-order chi connectivity index (χ1) is 9.17. The maximum Gasteiger partial charge on any atom is 0.244 e. The average Bonchev–Trinajstić information content (AvgIpc) is 2.37. The molecule has 0 radical (unpaired) electrons. The number of amides is 1. The van der Waals surface area contributed by atoms with E-state index in [0.717, 1.165) is 0 Å². The molecule has 2 unspecified atom stereocenters. The molecule has 116 valence electrons. The van der Waals surface area contributed by atoms with E-state index in [4.69, 9.17) is 15.2 Å². The summed E-state index contributed by atoms with van der Waals surface area (Å²) in [6.45, 7) is 12.5. The van der Waals surface area contributed by atoms with Gasteiger partial charge in [-0.1, -0.05) is 13.8 Å². The van der Waals surface area contributed by atoms with Gasteiger partial charge in [0.2, 0.25) is 5.91 Å². The van der Waals surface area contributed by atoms with Gasteiger partial charge >= 0.3 is 0 Å². The van der Waals surface area contributed by atoms with Crippen molar-refractivity contribution < 1.29 is 14.3 Å². The second kappa shape index (κ2) is 4.97. The van der Waals surface area contributed by atoms with Crippen LogP contribution in [0.4, 0.5) is 0 Å². The van der Waals surface area contributed by atoms with Crippen LogP contribution in [0, 0.1) is 5.41 Å². The molecule has 1 saturated heterocycles. The van der Waals surface area contributed by atoms with E-state index in [0.29, 0.717) is 32.8 Å². The molecule has 5 nitrogen and oxygen atoms in total. The van der Waals surface area contributed by atoms with Crippen LogP contribution >= 0.6 is 0 Å². The van der Waals surface area contributed by atoms with Gasteiger partial charge in [-0.15, -0.1) is 0 Å². The van der Waals surface area contributed by atoms with Crippen LogP contribution in [0.5, 0.6) is 0 Å². The lowest BCUT2D eigenvalue weighted by atomic mass is 9.54. The standard InChI is InChI=1S/C15H28N2O3/c1-6-20-11-9-15(16,14(11,4)5)12(18)17-7-8-19-10-13(17,2)3/h11H,6-10,16H2,1-5H3. The van der Waals surface area contributed by atoms with Gasteiger partial charge in [0.05, 0.1) is 24.9 Å². The lowest BCUT2D eigenvalue weighted by molar-refractivity contribution is -0.189. The van der Waals surface area contributed by atoms with Crippen molar-refractivity contribution in [1.29, 1.82) is 0 Å². The van der Waals surface area contributed by atoms with Crippen molar-refractivity contribution in [3.8, 4) is 0 Å². The van der Waals surface area contributed by atoms with Crippen molar-refractivity contribution in [2.75, 3.05) is 26.4 Å². The first kappa shape index (κ1) is 15.7. The van der Waals surface area contributed by atoms with Crippen molar-refractivity contribution >= 4 is 5.91 Å². The van der Waals surface area contributed by atoms with Gasteiger partial charge < -0.3 is 20.1 Å². The van der Waals surface area contributed by atoms with Gasteiger partial charge in [0.15, 0.2) is 0 Å². The molecule has 0 aromatic rings. The maximum absolute atomic E-state index is 13.0. The van der Waals surface area contributed by atoms with E-state index in [9.17, 15) is 4.79 Å². The van der Waals surface area contributed by atoms with E-state index in [1.54, 1.807) is 0 Å².